The fraction of sp³-hybridized carbons (Fsp3) is 0.111. The van der Waals surface area contributed by atoms with Gasteiger partial charge in [-0.25, -0.2) is 0 Å². The minimum absolute atomic E-state index is 0.247. The number of hydrogen-bond acceptors (Lipinski definition) is 3. The number of hydrogen-bond donors (Lipinski definition) is 2. The molecule has 1 aromatic rings. The molecule has 3 N–H and O–H groups in total. The first-order valence-corrected chi connectivity index (χ1v) is 3.87. The van der Waals surface area contributed by atoms with Gasteiger partial charge in [-0.05, 0) is 25.1 Å². The van der Waals surface area contributed by atoms with E-state index < -0.39 is 0 Å². The number of amides is 1. The van der Waals surface area contributed by atoms with Gasteiger partial charge in [-0.3, -0.25) is 9.78 Å². The molecule has 68 valence electrons. The van der Waals surface area contributed by atoms with Crippen LogP contribution in [0.25, 0.3) is 0 Å². The van der Waals surface area contributed by atoms with Crippen LogP contribution in [0.15, 0.2) is 36.4 Å². The molecule has 0 radical (unpaired) electrons. The van der Waals surface area contributed by atoms with E-state index in [1.807, 2.05) is 0 Å². The van der Waals surface area contributed by atoms with E-state index in [1.165, 1.54) is 6.20 Å². The lowest BCUT2D eigenvalue weighted by Gasteiger charge is -2.03. The van der Waals surface area contributed by atoms with Crippen molar-refractivity contribution in [2.75, 3.05) is 0 Å². The van der Waals surface area contributed by atoms with Gasteiger partial charge in [0, 0.05) is 12.4 Å². The second-order valence-corrected chi connectivity index (χ2v) is 2.44. The second kappa shape index (κ2) is 4.25. The summed E-state index contributed by atoms with van der Waals surface area (Å²) in [4.78, 5) is 15.2. The van der Waals surface area contributed by atoms with Crippen LogP contribution >= 0.6 is 0 Å². The first kappa shape index (κ1) is 9.25. The van der Waals surface area contributed by atoms with Gasteiger partial charge < -0.3 is 11.1 Å². The van der Waals surface area contributed by atoms with E-state index in [0.29, 0.717) is 11.4 Å². The normalized spacial score (nSPS) is 11.0. The van der Waals surface area contributed by atoms with Gasteiger partial charge in [0.05, 0.1) is 11.4 Å². The van der Waals surface area contributed by atoms with Gasteiger partial charge in [0.2, 0.25) is 0 Å². The van der Waals surface area contributed by atoms with E-state index in [-0.39, 0.29) is 5.91 Å². The third-order valence-electron chi connectivity index (χ3n) is 1.49. The van der Waals surface area contributed by atoms with Crippen molar-refractivity contribution in [2.24, 2.45) is 5.73 Å². The number of nitrogens with two attached hydrogens (primary N) is 1. The SMILES string of the molecule is CC=C(N)NC(=O)c1cccnc1. The molecular formula is C9H11N3O. The molecule has 0 saturated carbocycles. The number of carbonyl (C=O) groups is 1. The summed E-state index contributed by atoms with van der Waals surface area (Å²) >= 11 is 0. The smallest absolute Gasteiger partial charge is 0.258 e. The van der Waals surface area contributed by atoms with Crippen molar-refractivity contribution >= 4 is 5.91 Å². The van der Waals surface area contributed by atoms with E-state index in [4.69, 9.17) is 5.73 Å². The highest BCUT2D eigenvalue weighted by Crippen LogP contribution is 1.95. The third kappa shape index (κ3) is 2.59. The monoisotopic (exact) mass is 177 g/mol. The van der Waals surface area contributed by atoms with E-state index in [0.717, 1.165) is 0 Å². The predicted octanol–water partition coefficient (Wildman–Crippen LogP) is 0.631. The molecule has 4 heteroatoms. The van der Waals surface area contributed by atoms with Crippen LogP contribution in [0, 0.1) is 0 Å². The van der Waals surface area contributed by atoms with Crippen molar-refractivity contribution in [3.8, 4) is 0 Å². The van der Waals surface area contributed by atoms with Gasteiger partial charge in [-0.2, -0.15) is 0 Å². The molecule has 13 heavy (non-hydrogen) atoms. The highest BCUT2D eigenvalue weighted by atomic mass is 16.1. The van der Waals surface area contributed by atoms with Crippen LogP contribution < -0.4 is 11.1 Å². The van der Waals surface area contributed by atoms with Crippen molar-refractivity contribution in [2.45, 2.75) is 6.92 Å². The summed E-state index contributed by atoms with van der Waals surface area (Å²) in [6.07, 6.45) is 4.71. The number of nitrogens with zero attached hydrogens (tertiary/aromatic N) is 1. The number of aromatic nitrogens is 1. The van der Waals surface area contributed by atoms with Gasteiger partial charge >= 0.3 is 0 Å². The fourth-order valence-corrected chi connectivity index (χ4v) is 0.773. The molecule has 0 aromatic carbocycles. The number of pyridine rings is 1. The van der Waals surface area contributed by atoms with E-state index in [2.05, 4.69) is 10.3 Å². The lowest BCUT2D eigenvalue weighted by atomic mass is 10.3. The molecule has 1 amide bonds. The summed E-state index contributed by atoms with van der Waals surface area (Å²) < 4.78 is 0. The van der Waals surface area contributed by atoms with Crippen molar-refractivity contribution in [3.63, 3.8) is 0 Å². The van der Waals surface area contributed by atoms with Crippen LogP contribution in [0.2, 0.25) is 0 Å². The number of rotatable bonds is 2. The zero-order valence-electron chi connectivity index (χ0n) is 7.32. The molecule has 0 aliphatic carbocycles. The third-order valence-corrected chi connectivity index (χ3v) is 1.49. The number of carbonyl (C=O) groups excluding carboxylic acids is 1. The fourth-order valence-electron chi connectivity index (χ4n) is 0.773. The van der Waals surface area contributed by atoms with Crippen molar-refractivity contribution in [3.05, 3.63) is 42.0 Å². The molecule has 1 aromatic heterocycles. The van der Waals surface area contributed by atoms with E-state index in [1.54, 1.807) is 31.3 Å². The Kier molecular flexibility index (Phi) is 3.03. The van der Waals surface area contributed by atoms with E-state index >= 15 is 0 Å². The van der Waals surface area contributed by atoms with Gasteiger partial charge in [0.15, 0.2) is 0 Å². The Balaban J connectivity index is 2.70. The highest BCUT2D eigenvalue weighted by Gasteiger charge is 2.03. The average molecular weight is 177 g/mol. The Bertz CT molecular complexity index is 319. The first-order chi connectivity index (χ1) is 6.24. The van der Waals surface area contributed by atoms with E-state index in [9.17, 15) is 4.79 Å². The Labute approximate surface area is 76.5 Å². The van der Waals surface area contributed by atoms with Crippen LogP contribution in [0.4, 0.5) is 0 Å². The number of allylic oxidation sites excluding steroid dienone is 1. The molecule has 0 fully saturated rings. The average Bonchev–Trinajstić information content (AvgIpc) is 2.19. The molecule has 1 heterocycles. The lowest BCUT2D eigenvalue weighted by molar-refractivity contribution is 0.0965. The Morgan fingerprint density at radius 3 is 3.00 bits per heavy atom. The van der Waals surface area contributed by atoms with Crippen LogP contribution in [-0.2, 0) is 0 Å². The minimum atomic E-state index is -0.247. The summed E-state index contributed by atoms with van der Waals surface area (Å²) in [7, 11) is 0. The molecule has 0 atom stereocenters. The minimum Gasteiger partial charge on any atom is -0.385 e. The largest absolute Gasteiger partial charge is 0.385 e. The summed E-state index contributed by atoms with van der Waals surface area (Å²) in [5, 5.41) is 2.51. The van der Waals surface area contributed by atoms with Crippen LogP contribution in [0.5, 0.6) is 0 Å². The van der Waals surface area contributed by atoms with Crippen LogP contribution in [0.1, 0.15) is 17.3 Å². The molecule has 0 spiro atoms. The first-order valence-electron chi connectivity index (χ1n) is 3.87. The zero-order valence-corrected chi connectivity index (χ0v) is 7.32. The molecule has 0 unspecified atom stereocenters. The van der Waals surface area contributed by atoms with Gasteiger partial charge in [0.25, 0.3) is 5.91 Å². The van der Waals surface area contributed by atoms with Gasteiger partial charge in [0.1, 0.15) is 0 Å². The summed E-state index contributed by atoms with van der Waals surface area (Å²) in [5.74, 6) is 0.0950. The standard InChI is InChI=1S/C9H11N3O/c1-2-8(10)12-9(13)7-4-3-5-11-6-7/h2-6H,10H2,1H3,(H,12,13). The zero-order chi connectivity index (χ0) is 9.68. The molecule has 0 aliphatic rings. The molecule has 1 rings (SSSR count). The molecule has 0 saturated heterocycles. The molecule has 4 nitrogen and oxygen atoms in total. The maximum absolute atomic E-state index is 11.3. The highest BCUT2D eigenvalue weighted by molar-refractivity contribution is 5.94. The predicted molar refractivity (Wildman–Crippen MR) is 49.6 cm³/mol. The summed E-state index contributed by atoms with van der Waals surface area (Å²) in [5.41, 5.74) is 5.91. The lowest BCUT2D eigenvalue weighted by Crippen LogP contribution is -2.27. The molecule has 0 bridgehead atoms. The quantitative estimate of drug-likeness (QED) is 0.696. The van der Waals surface area contributed by atoms with Crippen molar-refractivity contribution < 1.29 is 4.79 Å². The maximum Gasteiger partial charge on any atom is 0.258 e. The molecule has 0 aliphatic heterocycles. The van der Waals surface area contributed by atoms with Gasteiger partial charge in [-0.1, -0.05) is 0 Å². The van der Waals surface area contributed by atoms with Crippen molar-refractivity contribution in [1.29, 1.82) is 0 Å². The Morgan fingerprint density at radius 2 is 2.46 bits per heavy atom. The van der Waals surface area contributed by atoms with Crippen molar-refractivity contribution in [1.82, 2.24) is 10.3 Å². The topological polar surface area (TPSA) is 68.0 Å². The van der Waals surface area contributed by atoms with Crippen LogP contribution in [0.3, 0.4) is 0 Å². The summed E-state index contributed by atoms with van der Waals surface area (Å²) in [6.45, 7) is 1.75. The Hall–Kier alpha value is -1.84. The Morgan fingerprint density at radius 1 is 1.69 bits per heavy atom. The van der Waals surface area contributed by atoms with Crippen LogP contribution in [-0.4, -0.2) is 10.9 Å². The molecular weight excluding hydrogens is 166 g/mol. The summed E-state index contributed by atoms with van der Waals surface area (Å²) in [6, 6.07) is 3.37. The maximum atomic E-state index is 11.3. The van der Waals surface area contributed by atoms with Gasteiger partial charge in [-0.15, -0.1) is 0 Å². The second-order valence-electron chi connectivity index (χ2n) is 2.44. The number of nitrogens with one attached hydrogen (secondary N) is 1.